The molecule has 1 aliphatic rings. The van der Waals surface area contributed by atoms with Crippen molar-refractivity contribution in [3.8, 4) is 0 Å². The molecule has 0 aromatic carbocycles. The minimum Gasteiger partial charge on any atom is -0.327 e. The van der Waals surface area contributed by atoms with Gasteiger partial charge in [-0.3, -0.25) is 0 Å². The number of nitrogens with two attached hydrogens (primary N) is 1. The van der Waals surface area contributed by atoms with Crippen molar-refractivity contribution in [3.05, 3.63) is 18.2 Å². The van der Waals surface area contributed by atoms with Crippen LogP contribution in [0, 0.1) is 0 Å². The van der Waals surface area contributed by atoms with Crippen LogP contribution in [-0.4, -0.2) is 9.55 Å². The van der Waals surface area contributed by atoms with Gasteiger partial charge in [0, 0.05) is 18.3 Å². The smallest absolute Gasteiger partial charge is 0.0953 e. The summed E-state index contributed by atoms with van der Waals surface area (Å²) in [6.45, 7) is 2.85. The molecule has 0 unspecified atom stereocenters. The van der Waals surface area contributed by atoms with Gasteiger partial charge in [-0.2, -0.15) is 0 Å². The number of aromatic nitrogens is 2. The van der Waals surface area contributed by atoms with Gasteiger partial charge >= 0.3 is 0 Å². The van der Waals surface area contributed by atoms with Crippen molar-refractivity contribution in [3.63, 3.8) is 0 Å². The second-order valence-corrected chi connectivity index (χ2v) is 3.89. The van der Waals surface area contributed by atoms with E-state index in [1.54, 1.807) is 0 Å². The van der Waals surface area contributed by atoms with E-state index in [-0.39, 0.29) is 0 Å². The fourth-order valence-electron chi connectivity index (χ4n) is 2.25. The second kappa shape index (κ2) is 3.14. The van der Waals surface area contributed by atoms with Crippen LogP contribution in [0.4, 0.5) is 0 Å². The summed E-state index contributed by atoms with van der Waals surface area (Å²) in [4.78, 5) is 4.17. The lowest BCUT2D eigenvalue weighted by molar-refractivity contribution is 0.132. The summed E-state index contributed by atoms with van der Waals surface area (Å²) >= 11 is 0. The normalized spacial score (nSPS) is 19.8. The number of hydrogen-bond donors (Lipinski definition) is 1. The molecule has 1 saturated carbocycles. The molecule has 0 amide bonds. The molecule has 0 aliphatic heterocycles. The first-order valence-corrected chi connectivity index (χ1v) is 5.04. The standard InChI is InChI=1S/C10H17N3/c1-2-10(4-3-5-10)13-8-12-7-9(13)6-11/h7-8H,2-6,11H2,1H3. The van der Waals surface area contributed by atoms with Crippen LogP contribution in [0.1, 0.15) is 38.3 Å². The van der Waals surface area contributed by atoms with E-state index in [9.17, 15) is 0 Å². The molecule has 0 atom stereocenters. The molecule has 1 fully saturated rings. The van der Waals surface area contributed by atoms with Crippen molar-refractivity contribution in [2.24, 2.45) is 5.73 Å². The molecule has 0 radical (unpaired) electrons. The van der Waals surface area contributed by atoms with E-state index in [1.165, 1.54) is 31.4 Å². The number of hydrogen-bond acceptors (Lipinski definition) is 2. The Hall–Kier alpha value is -0.830. The van der Waals surface area contributed by atoms with Crippen molar-refractivity contribution in [1.29, 1.82) is 0 Å². The minimum atomic E-state index is 0.352. The van der Waals surface area contributed by atoms with Gasteiger partial charge in [0.2, 0.25) is 0 Å². The van der Waals surface area contributed by atoms with Crippen LogP contribution in [-0.2, 0) is 12.1 Å². The molecule has 72 valence electrons. The average Bonchev–Trinajstić information content (AvgIpc) is 2.52. The van der Waals surface area contributed by atoms with E-state index in [0.29, 0.717) is 12.1 Å². The third-order valence-electron chi connectivity index (χ3n) is 3.38. The van der Waals surface area contributed by atoms with Crippen molar-refractivity contribution in [2.75, 3.05) is 0 Å². The second-order valence-electron chi connectivity index (χ2n) is 3.89. The Morgan fingerprint density at radius 2 is 2.38 bits per heavy atom. The molecule has 3 heteroatoms. The molecule has 2 rings (SSSR count). The Kier molecular flexibility index (Phi) is 2.12. The molecule has 1 aromatic rings. The summed E-state index contributed by atoms with van der Waals surface area (Å²) in [5.41, 5.74) is 7.18. The first-order chi connectivity index (χ1) is 6.32. The molecule has 0 saturated heterocycles. The third-order valence-corrected chi connectivity index (χ3v) is 3.38. The first-order valence-electron chi connectivity index (χ1n) is 5.04. The maximum atomic E-state index is 5.66. The molecule has 13 heavy (non-hydrogen) atoms. The average molecular weight is 179 g/mol. The minimum absolute atomic E-state index is 0.352. The first kappa shape index (κ1) is 8.75. The molecule has 1 aromatic heterocycles. The monoisotopic (exact) mass is 179 g/mol. The van der Waals surface area contributed by atoms with E-state index < -0.39 is 0 Å². The highest BCUT2D eigenvalue weighted by Crippen LogP contribution is 2.42. The van der Waals surface area contributed by atoms with Crippen LogP contribution >= 0.6 is 0 Å². The number of imidazole rings is 1. The maximum absolute atomic E-state index is 5.66. The van der Waals surface area contributed by atoms with Gasteiger partial charge in [-0.1, -0.05) is 6.92 Å². The van der Waals surface area contributed by atoms with E-state index in [4.69, 9.17) is 5.73 Å². The largest absolute Gasteiger partial charge is 0.327 e. The van der Waals surface area contributed by atoms with Gasteiger partial charge in [-0.25, -0.2) is 4.98 Å². The lowest BCUT2D eigenvalue weighted by atomic mass is 9.74. The predicted octanol–water partition coefficient (Wildman–Crippen LogP) is 1.63. The summed E-state index contributed by atoms with van der Waals surface area (Å²) in [7, 11) is 0. The molecule has 0 spiro atoms. The van der Waals surface area contributed by atoms with Crippen molar-refractivity contribution in [2.45, 2.75) is 44.7 Å². The predicted molar refractivity (Wildman–Crippen MR) is 52.2 cm³/mol. The summed E-state index contributed by atoms with van der Waals surface area (Å²) in [5, 5.41) is 0. The molecule has 1 aliphatic carbocycles. The summed E-state index contributed by atoms with van der Waals surface area (Å²) in [6, 6.07) is 0. The third kappa shape index (κ3) is 1.18. The zero-order valence-corrected chi connectivity index (χ0v) is 8.16. The number of rotatable bonds is 3. The number of nitrogens with zero attached hydrogens (tertiary/aromatic N) is 2. The fraction of sp³-hybridized carbons (Fsp3) is 0.700. The summed E-state index contributed by atoms with van der Waals surface area (Å²) in [5.74, 6) is 0. The molecular weight excluding hydrogens is 162 g/mol. The van der Waals surface area contributed by atoms with E-state index in [1.807, 2.05) is 12.5 Å². The molecule has 0 bridgehead atoms. The van der Waals surface area contributed by atoms with Crippen LogP contribution in [0.15, 0.2) is 12.5 Å². The van der Waals surface area contributed by atoms with Gasteiger partial charge in [-0.05, 0) is 25.7 Å². The van der Waals surface area contributed by atoms with Gasteiger partial charge < -0.3 is 10.3 Å². The van der Waals surface area contributed by atoms with E-state index >= 15 is 0 Å². The zero-order chi connectivity index (χ0) is 9.31. The Morgan fingerprint density at radius 1 is 1.62 bits per heavy atom. The van der Waals surface area contributed by atoms with Gasteiger partial charge in [-0.15, -0.1) is 0 Å². The molecule has 3 nitrogen and oxygen atoms in total. The highest BCUT2D eigenvalue weighted by atomic mass is 15.1. The maximum Gasteiger partial charge on any atom is 0.0953 e. The van der Waals surface area contributed by atoms with E-state index in [2.05, 4.69) is 16.5 Å². The highest BCUT2D eigenvalue weighted by molar-refractivity contribution is 5.06. The highest BCUT2D eigenvalue weighted by Gasteiger charge is 2.37. The quantitative estimate of drug-likeness (QED) is 0.766. The van der Waals surface area contributed by atoms with Crippen LogP contribution in [0.25, 0.3) is 0 Å². The van der Waals surface area contributed by atoms with Gasteiger partial charge in [0.05, 0.1) is 12.0 Å². The molecule has 1 heterocycles. The zero-order valence-electron chi connectivity index (χ0n) is 8.16. The lowest BCUT2D eigenvalue weighted by Crippen LogP contribution is -2.40. The van der Waals surface area contributed by atoms with Gasteiger partial charge in [0.1, 0.15) is 0 Å². The van der Waals surface area contributed by atoms with Crippen LogP contribution in [0.2, 0.25) is 0 Å². The van der Waals surface area contributed by atoms with Gasteiger partial charge in [0.25, 0.3) is 0 Å². The SMILES string of the molecule is CCC1(n2cncc2CN)CCC1. The molecular formula is C10H17N3. The fourth-order valence-corrected chi connectivity index (χ4v) is 2.25. The Labute approximate surface area is 79.0 Å². The summed E-state index contributed by atoms with van der Waals surface area (Å²) in [6.07, 6.45) is 8.92. The van der Waals surface area contributed by atoms with Crippen molar-refractivity contribution in [1.82, 2.24) is 9.55 Å². The van der Waals surface area contributed by atoms with Crippen LogP contribution in [0.5, 0.6) is 0 Å². The Bertz CT molecular complexity index is 281. The Balaban J connectivity index is 2.32. The molecule has 2 N–H and O–H groups in total. The Morgan fingerprint density at radius 3 is 2.85 bits per heavy atom. The lowest BCUT2D eigenvalue weighted by Gasteiger charge is -2.43. The van der Waals surface area contributed by atoms with Crippen LogP contribution < -0.4 is 5.73 Å². The van der Waals surface area contributed by atoms with Crippen molar-refractivity contribution < 1.29 is 0 Å². The summed E-state index contributed by atoms with van der Waals surface area (Å²) < 4.78 is 2.29. The van der Waals surface area contributed by atoms with Crippen molar-refractivity contribution >= 4 is 0 Å². The van der Waals surface area contributed by atoms with Gasteiger partial charge in [0.15, 0.2) is 0 Å². The van der Waals surface area contributed by atoms with E-state index in [0.717, 1.165) is 0 Å². The topological polar surface area (TPSA) is 43.8 Å². The van der Waals surface area contributed by atoms with Crippen LogP contribution in [0.3, 0.4) is 0 Å².